The van der Waals surface area contributed by atoms with Crippen LogP contribution in [0.25, 0.3) is 0 Å². The van der Waals surface area contributed by atoms with Gasteiger partial charge >= 0.3 is 0 Å². The van der Waals surface area contributed by atoms with E-state index in [4.69, 9.17) is 23.2 Å². The highest BCUT2D eigenvalue weighted by molar-refractivity contribution is 7.91. The molecular weight excluding hydrogens is 307 g/mol. The Balaban J connectivity index is 2.04. The summed E-state index contributed by atoms with van der Waals surface area (Å²) in [5.74, 6) is 0.414. The number of benzene rings is 1. The van der Waals surface area contributed by atoms with Crippen molar-refractivity contribution in [3.05, 3.63) is 22.2 Å². The van der Waals surface area contributed by atoms with Crippen LogP contribution in [0.2, 0.25) is 10.0 Å². The number of nitrogens with zero attached hydrogens (tertiary/aromatic N) is 1. The van der Waals surface area contributed by atoms with Gasteiger partial charge in [-0.25, -0.2) is 8.42 Å². The molecule has 2 aliphatic rings. The lowest BCUT2D eigenvalue weighted by atomic mass is 10.2. The predicted molar refractivity (Wildman–Crippen MR) is 79.4 cm³/mol. The summed E-state index contributed by atoms with van der Waals surface area (Å²) in [5.41, 5.74) is 1.88. The van der Waals surface area contributed by atoms with E-state index in [1.807, 2.05) is 12.1 Å². The molecule has 7 heteroatoms. The first kappa shape index (κ1) is 13.3. The number of anilines is 2. The maximum absolute atomic E-state index is 11.8. The fourth-order valence-corrected chi connectivity index (χ4v) is 4.63. The summed E-state index contributed by atoms with van der Waals surface area (Å²) in [7, 11) is -2.92. The Hall–Kier alpha value is -0.650. The highest BCUT2D eigenvalue weighted by Gasteiger charge is 2.33. The largest absolute Gasteiger partial charge is 0.383 e. The molecule has 1 atom stereocenters. The zero-order chi connectivity index (χ0) is 13.6. The van der Waals surface area contributed by atoms with Crippen molar-refractivity contribution in [2.75, 3.05) is 34.8 Å². The number of sulfone groups is 1. The first-order chi connectivity index (χ1) is 8.96. The fraction of sp³-hybridized carbons (Fsp3) is 0.500. The van der Waals surface area contributed by atoms with Gasteiger partial charge in [0.2, 0.25) is 0 Å². The van der Waals surface area contributed by atoms with Crippen LogP contribution in [-0.4, -0.2) is 39.1 Å². The van der Waals surface area contributed by atoms with Crippen LogP contribution in [0.5, 0.6) is 0 Å². The molecule has 3 rings (SSSR count). The van der Waals surface area contributed by atoms with Crippen molar-refractivity contribution in [1.29, 1.82) is 0 Å². The molecule has 0 amide bonds. The Morgan fingerprint density at radius 1 is 1.26 bits per heavy atom. The minimum atomic E-state index is -2.92. The third-order valence-corrected chi connectivity index (χ3v) is 6.09. The second kappa shape index (κ2) is 4.72. The van der Waals surface area contributed by atoms with Crippen LogP contribution < -0.4 is 10.2 Å². The zero-order valence-corrected chi connectivity index (χ0v) is 12.5. The maximum atomic E-state index is 11.8. The number of fused-ring (bicyclic) bond motifs is 3. The molecule has 0 aliphatic carbocycles. The molecule has 0 aromatic heterocycles. The van der Waals surface area contributed by atoms with E-state index in [1.54, 1.807) is 0 Å². The molecule has 1 aromatic carbocycles. The van der Waals surface area contributed by atoms with Crippen molar-refractivity contribution < 1.29 is 8.42 Å². The average Bonchev–Trinajstić information content (AvgIpc) is 2.48. The summed E-state index contributed by atoms with van der Waals surface area (Å²) in [5, 5.41) is 4.30. The zero-order valence-electron chi connectivity index (χ0n) is 10.2. The molecule has 1 aromatic rings. The Labute approximate surface area is 122 Å². The van der Waals surface area contributed by atoms with Crippen LogP contribution in [0.4, 0.5) is 11.4 Å². The molecule has 1 saturated heterocycles. The average molecular weight is 321 g/mol. The predicted octanol–water partition coefficient (Wildman–Crippen LogP) is 2.41. The Morgan fingerprint density at radius 2 is 2.00 bits per heavy atom. The van der Waals surface area contributed by atoms with E-state index in [1.165, 1.54) is 0 Å². The maximum Gasteiger partial charge on any atom is 0.154 e. The third kappa shape index (κ3) is 2.51. The van der Waals surface area contributed by atoms with Crippen LogP contribution in [0.15, 0.2) is 12.1 Å². The lowest BCUT2D eigenvalue weighted by Gasteiger charge is -2.36. The first-order valence-electron chi connectivity index (χ1n) is 6.16. The van der Waals surface area contributed by atoms with E-state index in [0.717, 1.165) is 24.3 Å². The molecule has 4 nitrogen and oxygen atoms in total. The lowest BCUT2D eigenvalue weighted by Crippen LogP contribution is -2.48. The molecule has 19 heavy (non-hydrogen) atoms. The van der Waals surface area contributed by atoms with Crippen molar-refractivity contribution in [2.45, 2.75) is 12.5 Å². The van der Waals surface area contributed by atoms with Crippen LogP contribution in [-0.2, 0) is 9.84 Å². The highest BCUT2D eigenvalue weighted by Crippen LogP contribution is 2.38. The molecule has 0 spiro atoms. The molecule has 1 fully saturated rings. The molecule has 2 aliphatic heterocycles. The summed E-state index contributed by atoms with van der Waals surface area (Å²) >= 11 is 12.1. The molecule has 0 bridgehead atoms. The van der Waals surface area contributed by atoms with Crippen LogP contribution in [0.1, 0.15) is 6.42 Å². The number of nitrogens with one attached hydrogen (secondary N) is 1. The van der Waals surface area contributed by atoms with E-state index in [9.17, 15) is 8.42 Å². The van der Waals surface area contributed by atoms with Gasteiger partial charge in [0.15, 0.2) is 9.84 Å². The Kier molecular flexibility index (Phi) is 3.31. The number of rotatable bonds is 0. The number of hydrogen-bond acceptors (Lipinski definition) is 4. The van der Waals surface area contributed by atoms with Gasteiger partial charge in [-0.15, -0.1) is 0 Å². The summed E-state index contributed by atoms with van der Waals surface area (Å²) in [6.07, 6.45) is 0.795. The summed E-state index contributed by atoms with van der Waals surface area (Å²) in [6, 6.07) is 3.65. The summed E-state index contributed by atoms with van der Waals surface area (Å²) in [4.78, 5) is 2.14. The van der Waals surface area contributed by atoms with Gasteiger partial charge in [0.25, 0.3) is 0 Å². The normalized spacial score (nSPS) is 24.9. The molecule has 1 unspecified atom stereocenters. The van der Waals surface area contributed by atoms with Gasteiger partial charge in [-0.05, 0) is 18.6 Å². The van der Waals surface area contributed by atoms with Gasteiger partial charge in [0.1, 0.15) is 0 Å². The minimum absolute atomic E-state index is 0.0183. The first-order valence-corrected chi connectivity index (χ1v) is 8.74. The topological polar surface area (TPSA) is 49.4 Å². The van der Waals surface area contributed by atoms with E-state index < -0.39 is 9.84 Å². The SMILES string of the molecule is O=S1(=O)CCN2c3cc(Cl)c(Cl)cc3NCCC2C1. The molecule has 104 valence electrons. The van der Waals surface area contributed by atoms with Gasteiger partial charge < -0.3 is 10.2 Å². The van der Waals surface area contributed by atoms with E-state index in [0.29, 0.717) is 16.6 Å². The molecule has 2 heterocycles. The highest BCUT2D eigenvalue weighted by atomic mass is 35.5. The Bertz CT molecular complexity index is 618. The smallest absolute Gasteiger partial charge is 0.154 e. The quantitative estimate of drug-likeness (QED) is 0.797. The summed E-state index contributed by atoms with van der Waals surface area (Å²) < 4.78 is 23.5. The number of halogens is 2. The molecule has 1 N–H and O–H groups in total. The summed E-state index contributed by atoms with van der Waals surface area (Å²) in [6.45, 7) is 1.25. The van der Waals surface area contributed by atoms with Gasteiger partial charge in [-0.3, -0.25) is 0 Å². The van der Waals surface area contributed by atoms with E-state index in [-0.39, 0.29) is 17.5 Å². The molecular formula is C12H14Cl2N2O2S. The van der Waals surface area contributed by atoms with Crippen molar-refractivity contribution in [2.24, 2.45) is 0 Å². The minimum Gasteiger partial charge on any atom is -0.383 e. The number of hydrogen-bond donors (Lipinski definition) is 1. The van der Waals surface area contributed by atoms with Gasteiger partial charge in [-0.1, -0.05) is 23.2 Å². The van der Waals surface area contributed by atoms with E-state index in [2.05, 4.69) is 10.2 Å². The standard InChI is InChI=1S/C12H14Cl2N2O2S/c13-9-5-11-12(6-10(9)14)16-3-4-19(17,18)7-8(16)1-2-15-11/h5-6,8,15H,1-4,7H2. The Morgan fingerprint density at radius 3 is 2.79 bits per heavy atom. The third-order valence-electron chi connectivity index (χ3n) is 3.67. The van der Waals surface area contributed by atoms with Crippen molar-refractivity contribution in [3.8, 4) is 0 Å². The van der Waals surface area contributed by atoms with Crippen LogP contribution >= 0.6 is 23.2 Å². The second-order valence-corrected chi connectivity index (χ2v) is 8.00. The fourth-order valence-electron chi connectivity index (χ4n) is 2.73. The molecule has 0 radical (unpaired) electrons. The van der Waals surface area contributed by atoms with Crippen molar-refractivity contribution in [3.63, 3.8) is 0 Å². The van der Waals surface area contributed by atoms with Gasteiger partial charge in [-0.2, -0.15) is 0 Å². The van der Waals surface area contributed by atoms with Gasteiger partial charge in [0, 0.05) is 19.1 Å². The van der Waals surface area contributed by atoms with Gasteiger partial charge in [0.05, 0.1) is 32.9 Å². The van der Waals surface area contributed by atoms with Crippen LogP contribution in [0.3, 0.4) is 0 Å². The van der Waals surface area contributed by atoms with E-state index >= 15 is 0 Å². The van der Waals surface area contributed by atoms with Crippen molar-refractivity contribution in [1.82, 2.24) is 0 Å². The second-order valence-electron chi connectivity index (χ2n) is 4.96. The van der Waals surface area contributed by atoms with Crippen molar-refractivity contribution >= 4 is 44.4 Å². The monoisotopic (exact) mass is 320 g/mol. The lowest BCUT2D eigenvalue weighted by molar-refractivity contribution is 0.550. The molecule has 0 saturated carbocycles. The van der Waals surface area contributed by atoms with Crippen LogP contribution in [0, 0.1) is 0 Å².